The van der Waals surface area contributed by atoms with Crippen molar-refractivity contribution in [1.29, 1.82) is 0 Å². The van der Waals surface area contributed by atoms with E-state index >= 15 is 0 Å². The van der Waals surface area contributed by atoms with Gasteiger partial charge < -0.3 is 5.32 Å². The summed E-state index contributed by atoms with van der Waals surface area (Å²) in [7, 11) is -3.13. The summed E-state index contributed by atoms with van der Waals surface area (Å²) in [6.07, 6.45) is 2.11. The molecule has 4 nitrogen and oxygen atoms in total. The second-order valence-electron chi connectivity index (χ2n) is 7.34. The molecule has 0 aromatic heterocycles. The number of hydrogen-bond acceptors (Lipinski definition) is 3. The fourth-order valence-electron chi connectivity index (χ4n) is 3.49. The highest BCUT2D eigenvalue weighted by Gasteiger charge is 2.64. The van der Waals surface area contributed by atoms with Crippen molar-refractivity contribution < 1.29 is 8.42 Å². The van der Waals surface area contributed by atoms with E-state index in [0.29, 0.717) is 12.5 Å². The average molecular weight is 288 g/mol. The van der Waals surface area contributed by atoms with Gasteiger partial charge in [-0.1, -0.05) is 27.7 Å². The molecule has 1 heterocycles. The van der Waals surface area contributed by atoms with Crippen molar-refractivity contribution >= 4 is 10.0 Å². The Balaban J connectivity index is 1.82. The molecule has 1 unspecified atom stereocenters. The zero-order valence-corrected chi connectivity index (χ0v) is 13.4. The molecule has 1 aliphatic heterocycles. The van der Waals surface area contributed by atoms with Crippen LogP contribution < -0.4 is 10.0 Å². The first kappa shape index (κ1) is 15.3. The Morgan fingerprint density at radius 2 is 1.84 bits per heavy atom. The molecule has 112 valence electrons. The molecule has 0 aromatic carbocycles. The molecule has 19 heavy (non-hydrogen) atoms. The number of rotatable bonds is 5. The molecule has 0 bridgehead atoms. The van der Waals surface area contributed by atoms with Gasteiger partial charge in [-0.15, -0.1) is 0 Å². The third kappa shape index (κ3) is 3.14. The largest absolute Gasteiger partial charge is 0.316 e. The van der Waals surface area contributed by atoms with Crippen LogP contribution >= 0.6 is 0 Å². The fraction of sp³-hybridized carbons (Fsp3) is 1.00. The molecule has 1 atom stereocenters. The van der Waals surface area contributed by atoms with Crippen LogP contribution in [0.3, 0.4) is 0 Å². The van der Waals surface area contributed by atoms with Crippen molar-refractivity contribution in [3.8, 4) is 0 Å². The van der Waals surface area contributed by atoms with Gasteiger partial charge in [0.25, 0.3) is 0 Å². The molecule has 2 fully saturated rings. The summed E-state index contributed by atoms with van der Waals surface area (Å²) in [6.45, 7) is 11.3. The second-order valence-corrected chi connectivity index (χ2v) is 9.19. The van der Waals surface area contributed by atoms with Gasteiger partial charge in [-0.2, -0.15) is 0 Å². The lowest BCUT2D eigenvalue weighted by Gasteiger charge is -2.22. The molecule has 1 saturated carbocycles. The first-order valence-corrected chi connectivity index (χ1v) is 9.00. The molecule has 5 heteroatoms. The van der Waals surface area contributed by atoms with Gasteiger partial charge in [-0.25, -0.2) is 13.1 Å². The molecule has 0 amide bonds. The van der Waals surface area contributed by atoms with Gasteiger partial charge in [0, 0.05) is 6.54 Å². The molecule has 2 rings (SSSR count). The molecule has 1 saturated heterocycles. The predicted molar refractivity (Wildman–Crippen MR) is 78.4 cm³/mol. The number of hydrogen-bond donors (Lipinski definition) is 2. The van der Waals surface area contributed by atoms with Crippen LogP contribution in [0.2, 0.25) is 0 Å². The summed E-state index contributed by atoms with van der Waals surface area (Å²) in [6, 6.07) is 0. The molecular formula is C14H28N2O2S. The van der Waals surface area contributed by atoms with Gasteiger partial charge in [0.1, 0.15) is 0 Å². The van der Waals surface area contributed by atoms with Crippen molar-refractivity contribution in [1.82, 2.24) is 10.0 Å². The van der Waals surface area contributed by atoms with Gasteiger partial charge in [0.05, 0.1) is 5.75 Å². The van der Waals surface area contributed by atoms with Crippen molar-refractivity contribution in [2.75, 3.05) is 25.4 Å². The monoisotopic (exact) mass is 288 g/mol. The third-order valence-electron chi connectivity index (χ3n) is 5.68. The highest BCUT2D eigenvalue weighted by molar-refractivity contribution is 7.89. The summed E-state index contributed by atoms with van der Waals surface area (Å²) in [4.78, 5) is 0. The topological polar surface area (TPSA) is 58.2 Å². The summed E-state index contributed by atoms with van der Waals surface area (Å²) in [5, 5.41) is 3.27. The van der Waals surface area contributed by atoms with Crippen LogP contribution in [0, 0.1) is 22.7 Å². The van der Waals surface area contributed by atoms with Gasteiger partial charge in [0.15, 0.2) is 0 Å². The highest BCUT2D eigenvalue weighted by atomic mass is 32.2. The number of sulfonamides is 1. The van der Waals surface area contributed by atoms with Crippen molar-refractivity contribution in [2.24, 2.45) is 22.7 Å². The Morgan fingerprint density at radius 1 is 1.21 bits per heavy atom. The Labute approximate surface area is 117 Å². The van der Waals surface area contributed by atoms with Gasteiger partial charge in [-0.3, -0.25) is 0 Å². The lowest BCUT2D eigenvalue weighted by molar-refractivity contribution is 0.402. The van der Waals surface area contributed by atoms with E-state index in [1.165, 1.54) is 0 Å². The van der Waals surface area contributed by atoms with Gasteiger partial charge in [-0.05, 0) is 48.6 Å². The zero-order chi connectivity index (χ0) is 14.3. The first-order valence-electron chi connectivity index (χ1n) is 7.35. The SMILES string of the molecule is CC1(C)C(CNS(=O)(=O)CC2CCCNC2)C1(C)C. The zero-order valence-electron chi connectivity index (χ0n) is 12.6. The van der Waals surface area contributed by atoms with Crippen LogP contribution in [0.1, 0.15) is 40.5 Å². The number of nitrogens with one attached hydrogen (secondary N) is 2. The maximum absolute atomic E-state index is 12.1. The fourth-order valence-corrected chi connectivity index (χ4v) is 4.93. The summed E-state index contributed by atoms with van der Waals surface area (Å²) < 4.78 is 27.1. The standard InChI is InChI=1S/C14H28N2O2S/c1-13(2)12(14(13,3)4)9-16-19(17,18)10-11-6-5-7-15-8-11/h11-12,15-16H,5-10H2,1-4H3. The van der Waals surface area contributed by atoms with Gasteiger partial charge in [0.2, 0.25) is 10.0 Å². The van der Waals surface area contributed by atoms with E-state index in [1.54, 1.807) is 0 Å². The first-order chi connectivity index (χ1) is 8.67. The van der Waals surface area contributed by atoms with E-state index in [2.05, 4.69) is 37.7 Å². The molecule has 0 spiro atoms. The van der Waals surface area contributed by atoms with Crippen LogP contribution in [-0.4, -0.2) is 33.8 Å². The van der Waals surface area contributed by atoms with Crippen LogP contribution in [0.15, 0.2) is 0 Å². The minimum absolute atomic E-state index is 0.238. The van der Waals surface area contributed by atoms with E-state index in [1.807, 2.05) is 0 Å². The minimum Gasteiger partial charge on any atom is -0.316 e. The van der Waals surface area contributed by atoms with Crippen LogP contribution in [0.25, 0.3) is 0 Å². The van der Waals surface area contributed by atoms with Crippen molar-refractivity contribution in [3.05, 3.63) is 0 Å². The summed E-state index contributed by atoms with van der Waals surface area (Å²) in [5.41, 5.74) is 0.476. The van der Waals surface area contributed by atoms with E-state index in [9.17, 15) is 8.42 Å². The van der Waals surface area contributed by atoms with E-state index in [-0.39, 0.29) is 22.5 Å². The van der Waals surface area contributed by atoms with Crippen molar-refractivity contribution in [2.45, 2.75) is 40.5 Å². The second kappa shape index (κ2) is 5.01. The molecule has 2 aliphatic rings. The number of piperidine rings is 1. The van der Waals surface area contributed by atoms with Crippen molar-refractivity contribution in [3.63, 3.8) is 0 Å². The maximum Gasteiger partial charge on any atom is 0.211 e. The Kier molecular flexibility index (Phi) is 4.02. The summed E-state index contributed by atoms with van der Waals surface area (Å²) in [5.74, 6) is 0.985. The van der Waals surface area contributed by atoms with E-state index in [4.69, 9.17) is 0 Å². The minimum atomic E-state index is -3.13. The van der Waals surface area contributed by atoms with Gasteiger partial charge >= 0.3 is 0 Å². The van der Waals surface area contributed by atoms with E-state index < -0.39 is 10.0 Å². The molecule has 2 N–H and O–H groups in total. The Hall–Kier alpha value is -0.130. The van der Waals surface area contributed by atoms with Crippen LogP contribution in [0.5, 0.6) is 0 Å². The van der Waals surface area contributed by atoms with E-state index in [0.717, 1.165) is 25.9 Å². The normalized spacial score (nSPS) is 30.2. The molecular weight excluding hydrogens is 260 g/mol. The molecule has 1 aliphatic carbocycles. The van der Waals surface area contributed by atoms with Crippen LogP contribution in [0.4, 0.5) is 0 Å². The smallest absolute Gasteiger partial charge is 0.211 e. The molecule has 0 aromatic rings. The predicted octanol–water partition coefficient (Wildman–Crippen LogP) is 1.59. The third-order valence-corrected chi connectivity index (χ3v) is 7.20. The lowest BCUT2D eigenvalue weighted by atomic mass is 10.0. The quantitative estimate of drug-likeness (QED) is 0.807. The maximum atomic E-state index is 12.1. The Morgan fingerprint density at radius 3 is 2.32 bits per heavy atom. The lowest BCUT2D eigenvalue weighted by Crippen LogP contribution is -2.38. The average Bonchev–Trinajstić information content (AvgIpc) is 2.67. The van der Waals surface area contributed by atoms with Crippen LogP contribution in [-0.2, 0) is 10.0 Å². The summed E-state index contributed by atoms with van der Waals surface area (Å²) >= 11 is 0. The Bertz CT molecular complexity index is 409. The molecule has 0 radical (unpaired) electrons. The highest BCUT2D eigenvalue weighted by Crippen LogP contribution is 2.67.